The largest absolute Gasteiger partial charge is 0.398 e. The van der Waals surface area contributed by atoms with Crippen LogP contribution in [-0.4, -0.2) is 16.6 Å². The second kappa shape index (κ2) is 4.90. The maximum Gasteiger partial charge on any atom is 0.0851 e. The summed E-state index contributed by atoms with van der Waals surface area (Å²) in [5.41, 5.74) is 10.7. The van der Waals surface area contributed by atoms with Crippen LogP contribution in [0.5, 0.6) is 0 Å². The highest BCUT2D eigenvalue weighted by Gasteiger charge is 2.19. The highest BCUT2D eigenvalue weighted by molar-refractivity contribution is 5.62. The minimum atomic E-state index is -0.563. The lowest BCUT2D eigenvalue weighted by Gasteiger charge is -2.16. The van der Waals surface area contributed by atoms with Crippen LogP contribution < -0.4 is 11.1 Å². The molecular weight excluding hydrogens is 238 g/mol. The van der Waals surface area contributed by atoms with Crippen molar-refractivity contribution in [2.45, 2.75) is 18.9 Å². The molecule has 1 atom stereocenters. The Morgan fingerprint density at radius 3 is 3.11 bits per heavy atom. The van der Waals surface area contributed by atoms with Crippen LogP contribution in [0.25, 0.3) is 0 Å². The molecule has 2 aromatic rings. The van der Waals surface area contributed by atoms with Crippen LogP contribution in [0.1, 0.15) is 22.8 Å². The van der Waals surface area contributed by atoms with Gasteiger partial charge in [-0.2, -0.15) is 0 Å². The highest BCUT2D eigenvalue weighted by atomic mass is 16.3. The first-order valence-electron chi connectivity index (χ1n) is 6.48. The monoisotopic (exact) mass is 255 g/mol. The first-order chi connectivity index (χ1) is 9.25. The number of fused-ring (bicyclic) bond motifs is 1. The van der Waals surface area contributed by atoms with E-state index in [2.05, 4.69) is 16.4 Å². The van der Waals surface area contributed by atoms with E-state index in [0.717, 1.165) is 29.8 Å². The van der Waals surface area contributed by atoms with Crippen LogP contribution in [0.4, 0.5) is 11.4 Å². The first-order valence-corrected chi connectivity index (χ1v) is 6.48. The molecule has 0 radical (unpaired) electrons. The summed E-state index contributed by atoms with van der Waals surface area (Å²) in [5, 5.41) is 13.8. The molecule has 0 saturated heterocycles. The Morgan fingerprint density at radius 1 is 1.37 bits per heavy atom. The molecule has 1 aliphatic rings. The fourth-order valence-electron chi connectivity index (χ4n) is 2.57. The van der Waals surface area contributed by atoms with Gasteiger partial charge in [0.25, 0.3) is 0 Å². The Balaban J connectivity index is 1.87. The molecule has 0 fully saturated rings. The third-order valence-corrected chi connectivity index (χ3v) is 3.59. The van der Waals surface area contributed by atoms with Crippen LogP contribution in [0.3, 0.4) is 0 Å². The van der Waals surface area contributed by atoms with Crippen molar-refractivity contribution in [1.29, 1.82) is 0 Å². The first kappa shape index (κ1) is 12.0. The van der Waals surface area contributed by atoms with E-state index in [-0.39, 0.29) is 0 Å². The Morgan fingerprint density at radius 2 is 2.26 bits per heavy atom. The number of hydrogen-bond acceptors (Lipinski definition) is 4. The molecule has 4 heteroatoms. The molecule has 1 unspecified atom stereocenters. The Hall–Kier alpha value is -2.07. The number of benzene rings is 1. The number of aliphatic hydroxyl groups excluding tert-OH is 1. The van der Waals surface area contributed by atoms with Crippen LogP contribution in [-0.2, 0) is 12.8 Å². The molecule has 0 aliphatic carbocycles. The number of nitrogens with one attached hydrogen (secondary N) is 1. The summed E-state index contributed by atoms with van der Waals surface area (Å²) in [6, 6.07) is 7.82. The SMILES string of the molecule is Nc1ccncc1CC(O)c1cccc2c1NCC2. The van der Waals surface area contributed by atoms with Gasteiger partial charge in [-0.15, -0.1) is 0 Å². The van der Waals surface area contributed by atoms with Crippen LogP contribution >= 0.6 is 0 Å². The van der Waals surface area contributed by atoms with Crippen molar-refractivity contribution < 1.29 is 5.11 Å². The summed E-state index contributed by atoms with van der Waals surface area (Å²) in [6.07, 6.45) is 4.32. The number of aliphatic hydroxyl groups is 1. The number of nitrogen functional groups attached to an aromatic ring is 1. The van der Waals surface area contributed by atoms with Gasteiger partial charge in [0.05, 0.1) is 6.10 Å². The molecule has 0 amide bonds. The minimum Gasteiger partial charge on any atom is -0.398 e. The predicted octanol–water partition coefficient (Wildman–Crippen LogP) is 1.91. The molecule has 2 heterocycles. The highest BCUT2D eigenvalue weighted by Crippen LogP contribution is 2.32. The topological polar surface area (TPSA) is 71.2 Å². The molecule has 19 heavy (non-hydrogen) atoms. The number of rotatable bonds is 3. The van der Waals surface area contributed by atoms with Gasteiger partial charge in [-0.05, 0) is 23.6 Å². The summed E-state index contributed by atoms with van der Waals surface area (Å²) in [6.45, 7) is 0.939. The van der Waals surface area contributed by atoms with E-state index in [1.807, 2.05) is 12.1 Å². The Labute approximate surface area is 112 Å². The molecule has 0 saturated carbocycles. The normalized spacial score (nSPS) is 14.8. The molecular formula is C15H17N3O. The van der Waals surface area contributed by atoms with Crippen molar-refractivity contribution in [1.82, 2.24) is 4.98 Å². The van der Waals surface area contributed by atoms with Gasteiger partial charge in [-0.25, -0.2) is 0 Å². The van der Waals surface area contributed by atoms with Gasteiger partial charge >= 0.3 is 0 Å². The molecule has 4 N–H and O–H groups in total. The van der Waals surface area contributed by atoms with Crippen molar-refractivity contribution >= 4 is 11.4 Å². The van der Waals surface area contributed by atoms with Crippen LogP contribution in [0.15, 0.2) is 36.7 Å². The third kappa shape index (κ3) is 2.27. The molecule has 4 nitrogen and oxygen atoms in total. The maximum atomic E-state index is 10.4. The van der Waals surface area contributed by atoms with Gasteiger partial charge in [0.2, 0.25) is 0 Å². The number of nitrogens with two attached hydrogens (primary N) is 1. The smallest absolute Gasteiger partial charge is 0.0851 e. The van der Waals surface area contributed by atoms with Gasteiger partial charge in [-0.1, -0.05) is 18.2 Å². The van der Waals surface area contributed by atoms with Crippen molar-refractivity contribution in [2.24, 2.45) is 0 Å². The number of aromatic nitrogens is 1. The number of pyridine rings is 1. The average Bonchev–Trinajstić information content (AvgIpc) is 2.89. The second-order valence-electron chi connectivity index (χ2n) is 4.85. The van der Waals surface area contributed by atoms with Crippen molar-refractivity contribution in [2.75, 3.05) is 17.6 Å². The summed E-state index contributed by atoms with van der Waals surface area (Å²) in [5.74, 6) is 0. The fraction of sp³-hybridized carbons (Fsp3) is 0.267. The van der Waals surface area contributed by atoms with E-state index in [1.165, 1.54) is 5.56 Å². The van der Waals surface area contributed by atoms with E-state index in [1.54, 1.807) is 18.5 Å². The lowest BCUT2D eigenvalue weighted by atomic mass is 9.98. The van der Waals surface area contributed by atoms with Gasteiger partial charge in [0, 0.05) is 42.3 Å². The van der Waals surface area contributed by atoms with Gasteiger partial charge < -0.3 is 16.2 Å². The third-order valence-electron chi connectivity index (χ3n) is 3.59. The second-order valence-corrected chi connectivity index (χ2v) is 4.85. The molecule has 98 valence electrons. The summed E-state index contributed by atoms with van der Waals surface area (Å²) < 4.78 is 0. The fourth-order valence-corrected chi connectivity index (χ4v) is 2.57. The summed E-state index contributed by atoms with van der Waals surface area (Å²) >= 11 is 0. The number of hydrogen-bond donors (Lipinski definition) is 3. The van der Waals surface area contributed by atoms with Gasteiger partial charge in [0.15, 0.2) is 0 Å². The lowest BCUT2D eigenvalue weighted by molar-refractivity contribution is 0.179. The lowest BCUT2D eigenvalue weighted by Crippen LogP contribution is -2.07. The number of nitrogens with zero attached hydrogens (tertiary/aromatic N) is 1. The van der Waals surface area contributed by atoms with E-state index >= 15 is 0 Å². The molecule has 1 aliphatic heterocycles. The Kier molecular flexibility index (Phi) is 3.09. The average molecular weight is 255 g/mol. The molecule has 0 spiro atoms. The van der Waals surface area contributed by atoms with Crippen molar-refractivity contribution in [3.63, 3.8) is 0 Å². The van der Waals surface area contributed by atoms with Crippen molar-refractivity contribution in [3.8, 4) is 0 Å². The van der Waals surface area contributed by atoms with Gasteiger partial charge in [-0.3, -0.25) is 4.98 Å². The number of anilines is 2. The zero-order valence-electron chi connectivity index (χ0n) is 10.6. The molecule has 1 aromatic carbocycles. The molecule has 3 rings (SSSR count). The number of para-hydroxylation sites is 1. The van der Waals surface area contributed by atoms with Gasteiger partial charge in [0.1, 0.15) is 0 Å². The van der Waals surface area contributed by atoms with E-state index in [4.69, 9.17) is 5.73 Å². The van der Waals surface area contributed by atoms with E-state index in [0.29, 0.717) is 12.1 Å². The maximum absolute atomic E-state index is 10.4. The summed E-state index contributed by atoms with van der Waals surface area (Å²) in [7, 11) is 0. The van der Waals surface area contributed by atoms with E-state index < -0.39 is 6.10 Å². The zero-order valence-corrected chi connectivity index (χ0v) is 10.6. The van der Waals surface area contributed by atoms with Crippen LogP contribution in [0.2, 0.25) is 0 Å². The quantitative estimate of drug-likeness (QED) is 0.783. The summed E-state index contributed by atoms with van der Waals surface area (Å²) in [4.78, 5) is 4.06. The molecule has 0 bridgehead atoms. The zero-order chi connectivity index (χ0) is 13.2. The van der Waals surface area contributed by atoms with Crippen molar-refractivity contribution in [3.05, 3.63) is 53.3 Å². The van der Waals surface area contributed by atoms with Crippen LogP contribution in [0, 0.1) is 0 Å². The standard InChI is InChI=1S/C15H17N3O/c16-13-5-6-17-9-11(13)8-14(19)12-3-1-2-10-4-7-18-15(10)12/h1-3,5-6,9,14,18-19H,4,7-8H2,(H2,16,17). The van der Waals surface area contributed by atoms with E-state index in [9.17, 15) is 5.11 Å². The minimum absolute atomic E-state index is 0.484. The Bertz CT molecular complexity index is 598. The molecule has 1 aromatic heterocycles. The predicted molar refractivity (Wildman–Crippen MR) is 75.9 cm³/mol.